The van der Waals surface area contributed by atoms with Crippen molar-refractivity contribution in [2.24, 2.45) is 4.99 Å². The number of aliphatic imine (C=N–C) groups is 1. The minimum Gasteiger partial charge on any atom is -0.497 e. The number of unbranched alkanes of at least 4 members (excludes halogenated alkanes) is 1. The number of nitrogens with zero attached hydrogens (tertiary/aromatic N) is 4. The number of guanidine groups is 1. The van der Waals surface area contributed by atoms with Gasteiger partial charge in [-0.15, -0.1) is 6.58 Å². The summed E-state index contributed by atoms with van der Waals surface area (Å²) in [6, 6.07) is 7.66. The van der Waals surface area contributed by atoms with Crippen molar-refractivity contribution in [2.45, 2.75) is 19.4 Å². The summed E-state index contributed by atoms with van der Waals surface area (Å²) < 4.78 is 5.16. The zero-order chi connectivity index (χ0) is 18.1. The second-order valence-corrected chi connectivity index (χ2v) is 5.59. The van der Waals surface area contributed by atoms with Gasteiger partial charge in [-0.3, -0.25) is 10.1 Å². The predicted molar refractivity (Wildman–Crippen MR) is 101 cm³/mol. The molecular weight excluding hydrogens is 316 g/mol. The van der Waals surface area contributed by atoms with Crippen molar-refractivity contribution in [1.82, 2.24) is 25.4 Å². The van der Waals surface area contributed by atoms with Crippen LogP contribution in [0.25, 0.3) is 11.4 Å². The third-order valence-corrected chi connectivity index (χ3v) is 3.77. The molecule has 0 atom stereocenters. The van der Waals surface area contributed by atoms with E-state index < -0.39 is 0 Å². The van der Waals surface area contributed by atoms with Gasteiger partial charge in [-0.2, -0.15) is 5.10 Å². The van der Waals surface area contributed by atoms with Gasteiger partial charge in [-0.05, 0) is 37.1 Å². The van der Waals surface area contributed by atoms with Gasteiger partial charge in [-0.25, -0.2) is 4.98 Å². The first-order valence-electron chi connectivity index (χ1n) is 8.26. The molecule has 2 N–H and O–H groups in total. The fourth-order valence-corrected chi connectivity index (χ4v) is 2.37. The van der Waals surface area contributed by atoms with Crippen LogP contribution < -0.4 is 10.1 Å². The Kier molecular flexibility index (Phi) is 7.00. The fourth-order valence-electron chi connectivity index (χ4n) is 2.37. The lowest BCUT2D eigenvalue weighted by molar-refractivity contribution is 0.415. The van der Waals surface area contributed by atoms with Crippen LogP contribution in [0, 0.1) is 0 Å². The second-order valence-electron chi connectivity index (χ2n) is 5.59. The predicted octanol–water partition coefficient (Wildman–Crippen LogP) is 2.45. The van der Waals surface area contributed by atoms with Gasteiger partial charge in [0, 0.05) is 26.2 Å². The zero-order valence-electron chi connectivity index (χ0n) is 15.1. The summed E-state index contributed by atoms with van der Waals surface area (Å²) in [5.74, 6) is 3.05. The van der Waals surface area contributed by atoms with Crippen molar-refractivity contribution >= 4 is 5.96 Å². The van der Waals surface area contributed by atoms with E-state index in [2.05, 4.69) is 37.0 Å². The zero-order valence-corrected chi connectivity index (χ0v) is 15.1. The molecule has 0 fully saturated rings. The average molecular weight is 342 g/mol. The van der Waals surface area contributed by atoms with E-state index in [0.717, 1.165) is 42.5 Å². The highest BCUT2D eigenvalue weighted by Crippen LogP contribution is 2.18. The van der Waals surface area contributed by atoms with Gasteiger partial charge in [0.1, 0.15) is 11.6 Å². The smallest absolute Gasteiger partial charge is 0.193 e. The summed E-state index contributed by atoms with van der Waals surface area (Å²) in [5.41, 5.74) is 0.939. The molecule has 1 aromatic carbocycles. The highest BCUT2D eigenvalue weighted by Gasteiger charge is 2.09. The molecule has 2 aromatic rings. The lowest BCUT2D eigenvalue weighted by Crippen LogP contribution is -2.39. The minimum absolute atomic E-state index is 0.529. The highest BCUT2D eigenvalue weighted by atomic mass is 16.5. The van der Waals surface area contributed by atoms with Crippen LogP contribution in [0.5, 0.6) is 5.75 Å². The number of H-pyrrole nitrogens is 1. The molecule has 0 saturated heterocycles. The van der Waals surface area contributed by atoms with E-state index in [0.29, 0.717) is 12.4 Å². The largest absolute Gasteiger partial charge is 0.497 e. The summed E-state index contributed by atoms with van der Waals surface area (Å²) in [4.78, 5) is 10.9. The van der Waals surface area contributed by atoms with E-state index in [4.69, 9.17) is 4.74 Å². The Morgan fingerprint density at radius 1 is 1.40 bits per heavy atom. The number of rotatable bonds is 8. The fraction of sp³-hybridized carbons (Fsp3) is 0.389. The molecule has 0 bridgehead atoms. The van der Waals surface area contributed by atoms with E-state index >= 15 is 0 Å². The monoisotopic (exact) mass is 342 g/mol. The van der Waals surface area contributed by atoms with Crippen LogP contribution in [0.2, 0.25) is 0 Å². The van der Waals surface area contributed by atoms with E-state index in [9.17, 15) is 0 Å². The molecule has 0 aliphatic carbocycles. The van der Waals surface area contributed by atoms with Gasteiger partial charge >= 0.3 is 0 Å². The number of methoxy groups -OCH3 is 1. The van der Waals surface area contributed by atoms with Crippen LogP contribution in [0.3, 0.4) is 0 Å². The molecule has 1 aromatic heterocycles. The molecule has 134 valence electrons. The normalized spacial score (nSPS) is 11.2. The maximum atomic E-state index is 5.16. The number of allylic oxidation sites excluding steroid dienone is 1. The number of hydrogen-bond donors (Lipinski definition) is 2. The van der Waals surface area contributed by atoms with E-state index in [1.165, 1.54) is 0 Å². The molecule has 0 saturated carbocycles. The van der Waals surface area contributed by atoms with Gasteiger partial charge in [0.15, 0.2) is 11.8 Å². The Morgan fingerprint density at radius 2 is 2.16 bits per heavy atom. The summed E-state index contributed by atoms with van der Waals surface area (Å²) in [6.45, 7) is 5.19. The third kappa shape index (κ3) is 5.34. The molecular formula is C18H26N6O. The van der Waals surface area contributed by atoms with Crippen molar-refractivity contribution < 1.29 is 4.74 Å². The maximum Gasteiger partial charge on any atom is 0.193 e. The van der Waals surface area contributed by atoms with Crippen molar-refractivity contribution in [3.05, 3.63) is 42.7 Å². The number of aromatic amines is 1. The van der Waals surface area contributed by atoms with Gasteiger partial charge in [0.2, 0.25) is 0 Å². The Balaban J connectivity index is 1.92. The SMILES string of the molecule is C=CCCCN(C)C(=NC)NCc1nc(-c2ccc(OC)cc2)n[nH]1. The summed E-state index contributed by atoms with van der Waals surface area (Å²) in [6.07, 6.45) is 3.97. The molecule has 2 rings (SSSR count). The Labute approximate surface area is 148 Å². The molecule has 1 heterocycles. The van der Waals surface area contributed by atoms with Crippen LogP contribution in [-0.2, 0) is 6.54 Å². The topological polar surface area (TPSA) is 78.4 Å². The van der Waals surface area contributed by atoms with Crippen LogP contribution in [0.1, 0.15) is 18.7 Å². The minimum atomic E-state index is 0.529. The quantitative estimate of drug-likeness (QED) is 0.333. The van der Waals surface area contributed by atoms with Crippen LogP contribution in [0.15, 0.2) is 41.9 Å². The second kappa shape index (κ2) is 9.46. The number of hydrogen-bond acceptors (Lipinski definition) is 4. The summed E-state index contributed by atoms with van der Waals surface area (Å²) >= 11 is 0. The van der Waals surface area contributed by atoms with Crippen LogP contribution >= 0.6 is 0 Å². The number of benzene rings is 1. The van der Waals surface area contributed by atoms with Crippen LogP contribution in [0.4, 0.5) is 0 Å². The molecule has 7 heteroatoms. The number of aromatic nitrogens is 3. The molecule has 0 amide bonds. The third-order valence-electron chi connectivity index (χ3n) is 3.77. The Hall–Kier alpha value is -2.83. The first-order valence-corrected chi connectivity index (χ1v) is 8.26. The Bertz CT molecular complexity index is 692. The van der Waals surface area contributed by atoms with Gasteiger partial charge < -0.3 is 15.0 Å². The maximum absolute atomic E-state index is 5.16. The number of nitrogens with one attached hydrogen (secondary N) is 2. The van der Waals surface area contributed by atoms with Crippen molar-refractivity contribution in [2.75, 3.05) is 27.7 Å². The van der Waals surface area contributed by atoms with Crippen molar-refractivity contribution in [1.29, 1.82) is 0 Å². The standard InChI is InChI=1S/C18H26N6O/c1-5-6-7-12-24(3)18(19-2)20-13-16-21-17(23-22-16)14-8-10-15(25-4)11-9-14/h5,8-11H,1,6-7,12-13H2,2-4H3,(H,19,20)(H,21,22,23). The van der Waals surface area contributed by atoms with Gasteiger partial charge in [0.25, 0.3) is 0 Å². The number of ether oxygens (including phenoxy) is 1. The molecule has 25 heavy (non-hydrogen) atoms. The lowest BCUT2D eigenvalue weighted by Gasteiger charge is -2.21. The summed E-state index contributed by atoms with van der Waals surface area (Å²) in [7, 11) is 5.43. The summed E-state index contributed by atoms with van der Waals surface area (Å²) in [5, 5.41) is 10.5. The average Bonchev–Trinajstić information content (AvgIpc) is 3.11. The molecule has 0 aliphatic heterocycles. The first-order chi connectivity index (χ1) is 12.2. The van der Waals surface area contributed by atoms with E-state index in [1.807, 2.05) is 37.4 Å². The Morgan fingerprint density at radius 3 is 2.80 bits per heavy atom. The molecule has 0 aliphatic rings. The molecule has 7 nitrogen and oxygen atoms in total. The first kappa shape index (κ1) is 18.5. The van der Waals surface area contributed by atoms with E-state index in [1.54, 1.807) is 14.2 Å². The van der Waals surface area contributed by atoms with Gasteiger partial charge in [-0.1, -0.05) is 6.08 Å². The van der Waals surface area contributed by atoms with E-state index in [-0.39, 0.29) is 0 Å². The molecule has 0 radical (unpaired) electrons. The lowest BCUT2D eigenvalue weighted by atomic mass is 10.2. The molecule has 0 spiro atoms. The van der Waals surface area contributed by atoms with Crippen molar-refractivity contribution in [3.8, 4) is 17.1 Å². The highest BCUT2D eigenvalue weighted by molar-refractivity contribution is 5.79. The van der Waals surface area contributed by atoms with Crippen molar-refractivity contribution in [3.63, 3.8) is 0 Å². The molecule has 0 unspecified atom stereocenters. The van der Waals surface area contributed by atoms with Gasteiger partial charge in [0.05, 0.1) is 13.7 Å². The van der Waals surface area contributed by atoms with Crippen LogP contribution in [-0.4, -0.2) is 53.8 Å².